The molecule has 0 heterocycles. The Morgan fingerprint density at radius 2 is 1.60 bits per heavy atom. The molecule has 0 atom stereocenters. The Balaban J connectivity index is 2.79. The summed E-state index contributed by atoms with van der Waals surface area (Å²) in [6, 6.07) is 5.84. The zero-order valence-electron chi connectivity index (χ0n) is 8.79. The van der Waals surface area contributed by atoms with Gasteiger partial charge in [0.2, 0.25) is 0 Å². The third-order valence-electron chi connectivity index (χ3n) is 2.33. The lowest BCUT2D eigenvalue weighted by Gasteiger charge is -2.09. The summed E-state index contributed by atoms with van der Waals surface area (Å²) in [5.41, 5.74) is 0.798. The maximum atomic E-state index is 12.6. The van der Waals surface area contributed by atoms with Crippen LogP contribution in [-0.4, -0.2) is 11.6 Å². The molecular formula is C12H13FO2. The van der Waals surface area contributed by atoms with E-state index in [1.165, 1.54) is 26.0 Å². The van der Waals surface area contributed by atoms with Gasteiger partial charge in [-0.15, -0.1) is 0 Å². The van der Waals surface area contributed by atoms with Crippen LogP contribution >= 0.6 is 0 Å². The lowest BCUT2D eigenvalue weighted by Crippen LogP contribution is -2.21. The standard InChI is InChI=1S/C12H13FO2/c1-8(14)12(9(2)15)7-10-3-5-11(13)6-4-10/h3-6,12H,7H2,1-2H3. The van der Waals surface area contributed by atoms with E-state index < -0.39 is 5.92 Å². The first-order valence-electron chi connectivity index (χ1n) is 4.76. The van der Waals surface area contributed by atoms with Crippen LogP contribution in [0.15, 0.2) is 24.3 Å². The largest absolute Gasteiger partial charge is 0.299 e. The van der Waals surface area contributed by atoms with Crippen LogP contribution in [0.2, 0.25) is 0 Å². The molecule has 0 aliphatic rings. The van der Waals surface area contributed by atoms with Gasteiger partial charge >= 0.3 is 0 Å². The molecule has 3 heteroatoms. The fourth-order valence-electron chi connectivity index (χ4n) is 1.43. The quantitative estimate of drug-likeness (QED) is 0.710. The average Bonchev–Trinajstić information content (AvgIpc) is 2.15. The minimum absolute atomic E-state index is 0.146. The van der Waals surface area contributed by atoms with E-state index in [1.807, 2.05) is 0 Å². The van der Waals surface area contributed by atoms with Crippen molar-refractivity contribution < 1.29 is 14.0 Å². The van der Waals surface area contributed by atoms with Crippen molar-refractivity contribution in [2.75, 3.05) is 0 Å². The first-order chi connectivity index (χ1) is 7.00. The van der Waals surface area contributed by atoms with E-state index >= 15 is 0 Å². The molecule has 0 radical (unpaired) electrons. The van der Waals surface area contributed by atoms with Crippen molar-refractivity contribution in [1.82, 2.24) is 0 Å². The molecule has 0 aliphatic heterocycles. The summed E-state index contributed by atoms with van der Waals surface area (Å²) >= 11 is 0. The normalized spacial score (nSPS) is 10.4. The second kappa shape index (κ2) is 4.82. The smallest absolute Gasteiger partial charge is 0.140 e. The molecule has 0 amide bonds. The van der Waals surface area contributed by atoms with Crippen LogP contribution in [-0.2, 0) is 16.0 Å². The lowest BCUT2D eigenvalue weighted by molar-refractivity contribution is -0.130. The first kappa shape index (κ1) is 11.6. The molecule has 80 valence electrons. The van der Waals surface area contributed by atoms with Gasteiger partial charge in [-0.3, -0.25) is 9.59 Å². The van der Waals surface area contributed by atoms with Gasteiger partial charge < -0.3 is 0 Å². The third-order valence-corrected chi connectivity index (χ3v) is 2.33. The zero-order chi connectivity index (χ0) is 11.4. The lowest BCUT2D eigenvalue weighted by atomic mass is 9.93. The summed E-state index contributed by atoms with van der Waals surface area (Å²) in [4.78, 5) is 22.3. The number of hydrogen-bond acceptors (Lipinski definition) is 2. The Bertz CT molecular complexity index is 354. The van der Waals surface area contributed by atoms with Gasteiger partial charge in [0, 0.05) is 0 Å². The number of halogens is 1. The maximum Gasteiger partial charge on any atom is 0.140 e. The highest BCUT2D eigenvalue weighted by Gasteiger charge is 2.19. The average molecular weight is 208 g/mol. The van der Waals surface area contributed by atoms with E-state index in [-0.39, 0.29) is 17.4 Å². The molecule has 15 heavy (non-hydrogen) atoms. The second-order valence-electron chi connectivity index (χ2n) is 3.60. The molecule has 0 unspecified atom stereocenters. The molecule has 0 fully saturated rings. The molecule has 0 saturated carbocycles. The first-order valence-corrected chi connectivity index (χ1v) is 4.76. The van der Waals surface area contributed by atoms with Crippen LogP contribution in [0.1, 0.15) is 19.4 Å². The van der Waals surface area contributed by atoms with Crippen molar-refractivity contribution in [3.05, 3.63) is 35.6 Å². The molecule has 1 aromatic rings. The summed E-state index contributed by atoms with van der Waals surface area (Å²) < 4.78 is 12.6. The van der Waals surface area contributed by atoms with Gasteiger partial charge in [0.25, 0.3) is 0 Å². The summed E-state index contributed by atoms with van der Waals surface area (Å²) in [7, 11) is 0. The second-order valence-corrected chi connectivity index (χ2v) is 3.60. The molecule has 2 nitrogen and oxygen atoms in total. The minimum atomic E-state index is -0.601. The molecule has 0 aliphatic carbocycles. The van der Waals surface area contributed by atoms with Crippen molar-refractivity contribution >= 4 is 11.6 Å². The number of benzene rings is 1. The van der Waals surface area contributed by atoms with Crippen LogP contribution in [0.3, 0.4) is 0 Å². The number of rotatable bonds is 4. The zero-order valence-corrected chi connectivity index (χ0v) is 8.79. The number of carbonyl (C=O) groups excluding carboxylic acids is 2. The van der Waals surface area contributed by atoms with Gasteiger partial charge in [0.05, 0.1) is 5.92 Å². The van der Waals surface area contributed by atoms with Crippen molar-refractivity contribution in [2.24, 2.45) is 5.92 Å². The Morgan fingerprint density at radius 3 is 2.00 bits per heavy atom. The van der Waals surface area contributed by atoms with Gasteiger partial charge in [0.1, 0.15) is 17.4 Å². The van der Waals surface area contributed by atoms with Crippen LogP contribution in [0.5, 0.6) is 0 Å². The fourth-order valence-corrected chi connectivity index (χ4v) is 1.43. The molecular weight excluding hydrogens is 195 g/mol. The van der Waals surface area contributed by atoms with Gasteiger partial charge in [-0.1, -0.05) is 12.1 Å². The van der Waals surface area contributed by atoms with Crippen molar-refractivity contribution in [3.63, 3.8) is 0 Å². The van der Waals surface area contributed by atoms with E-state index in [1.54, 1.807) is 12.1 Å². The molecule has 0 bridgehead atoms. The summed E-state index contributed by atoms with van der Waals surface area (Å²) in [6.07, 6.45) is 0.352. The Morgan fingerprint density at radius 1 is 1.13 bits per heavy atom. The Hall–Kier alpha value is -1.51. The molecule has 1 rings (SSSR count). The van der Waals surface area contributed by atoms with Gasteiger partial charge in [-0.05, 0) is 38.0 Å². The molecule has 0 N–H and O–H groups in total. The molecule has 1 aromatic carbocycles. The Labute approximate surface area is 88.1 Å². The predicted molar refractivity (Wildman–Crippen MR) is 55.0 cm³/mol. The summed E-state index contributed by atoms with van der Waals surface area (Å²) in [5, 5.41) is 0. The topological polar surface area (TPSA) is 34.1 Å². The van der Waals surface area contributed by atoms with Gasteiger partial charge in [-0.25, -0.2) is 4.39 Å². The minimum Gasteiger partial charge on any atom is -0.299 e. The van der Waals surface area contributed by atoms with Crippen LogP contribution in [0, 0.1) is 11.7 Å². The van der Waals surface area contributed by atoms with Crippen LogP contribution in [0.4, 0.5) is 4.39 Å². The molecule has 0 aromatic heterocycles. The van der Waals surface area contributed by atoms with E-state index in [0.29, 0.717) is 6.42 Å². The van der Waals surface area contributed by atoms with Crippen LogP contribution in [0.25, 0.3) is 0 Å². The predicted octanol–water partition coefficient (Wildman–Crippen LogP) is 2.16. The highest BCUT2D eigenvalue weighted by Crippen LogP contribution is 2.11. The Kier molecular flexibility index (Phi) is 3.72. The summed E-state index contributed by atoms with van der Waals surface area (Å²) in [5.74, 6) is -1.21. The van der Waals surface area contributed by atoms with E-state index in [0.717, 1.165) is 5.56 Å². The number of ketones is 2. The maximum absolute atomic E-state index is 12.6. The van der Waals surface area contributed by atoms with Gasteiger partial charge in [0.15, 0.2) is 0 Å². The van der Waals surface area contributed by atoms with E-state index in [4.69, 9.17) is 0 Å². The van der Waals surface area contributed by atoms with E-state index in [2.05, 4.69) is 0 Å². The van der Waals surface area contributed by atoms with Crippen molar-refractivity contribution in [2.45, 2.75) is 20.3 Å². The summed E-state index contributed by atoms with van der Waals surface area (Å²) in [6.45, 7) is 2.80. The van der Waals surface area contributed by atoms with Crippen molar-refractivity contribution in [3.8, 4) is 0 Å². The highest BCUT2D eigenvalue weighted by atomic mass is 19.1. The highest BCUT2D eigenvalue weighted by molar-refractivity contribution is 6.00. The fraction of sp³-hybridized carbons (Fsp3) is 0.333. The SMILES string of the molecule is CC(=O)C(Cc1ccc(F)cc1)C(C)=O. The number of Topliss-reactive ketones (excluding diaryl/α,β-unsaturated/α-hetero) is 2. The molecule has 0 spiro atoms. The van der Waals surface area contributed by atoms with Crippen LogP contribution < -0.4 is 0 Å². The molecule has 0 saturated heterocycles. The number of carbonyl (C=O) groups is 2. The van der Waals surface area contributed by atoms with Gasteiger partial charge in [-0.2, -0.15) is 0 Å². The van der Waals surface area contributed by atoms with Crippen molar-refractivity contribution in [1.29, 1.82) is 0 Å². The third kappa shape index (κ3) is 3.27. The number of hydrogen-bond donors (Lipinski definition) is 0. The monoisotopic (exact) mass is 208 g/mol. The van der Waals surface area contributed by atoms with E-state index in [9.17, 15) is 14.0 Å².